The zero-order valence-corrected chi connectivity index (χ0v) is 11.1. The lowest BCUT2D eigenvalue weighted by molar-refractivity contribution is -0.116. The highest BCUT2D eigenvalue weighted by Crippen LogP contribution is 2.31. The first kappa shape index (κ1) is 12.4. The predicted octanol–water partition coefficient (Wildman–Crippen LogP) is 3.33. The number of Topliss-reactive ketones (excluding diaryl/α,β-unsaturated/α-hetero) is 1. The van der Waals surface area contributed by atoms with Gasteiger partial charge in [0.15, 0.2) is 5.78 Å². The van der Waals surface area contributed by atoms with Crippen LogP contribution in [-0.4, -0.2) is 11.7 Å². The van der Waals surface area contributed by atoms with Gasteiger partial charge in [0.05, 0.1) is 0 Å². The Hall–Kier alpha value is -1.64. The number of hydrogen-bond acceptors (Lipinski definition) is 2. The van der Waals surface area contributed by atoms with E-state index in [4.69, 9.17) is 0 Å². The number of aryl methyl sites for hydroxylation is 1. The molecule has 19 heavy (non-hydrogen) atoms. The van der Waals surface area contributed by atoms with Crippen LogP contribution in [0, 0.1) is 5.92 Å². The molecule has 100 valence electrons. The van der Waals surface area contributed by atoms with Gasteiger partial charge < -0.3 is 5.32 Å². The highest BCUT2D eigenvalue weighted by Gasteiger charge is 2.22. The van der Waals surface area contributed by atoms with E-state index in [2.05, 4.69) is 5.32 Å². The molecule has 1 saturated carbocycles. The van der Waals surface area contributed by atoms with Gasteiger partial charge in [-0.2, -0.15) is 0 Å². The molecule has 3 rings (SSSR count). The molecule has 1 aromatic rings. The van der Waals surface area contributed by atoms with Crippen LogP contribution in [0.15, 0.2) is 18.2 Å². The van der Waals surface area contributed by atoms with E-state index in [-0.39, 0.29) is 11.7 Å². The van der Waals surface area contributed by atoms with E-state index in [1.165, 1.54) is 19.3 Å². The molecular weight excluding hydrogens is 238 g/mol. The smallest absolute Gasteiger partial charge is 0.224 e. The van der Waals surface area contributed by atoms with Gasteiger partial charge in [0.1, 0.15) is 0 Å². The van der Waals surface area contributed by atoms with E-state index in [1.807, 2.05) is 18.2 Å². The van der Waals surface area contributed by atoms with Crippen LogP contribution in [0.5, 0.6) is 0 Å². The normalized spacial score (nSPS) is 19.1. The molecule has 1 N–H and O–H groups in total. The Morgan fingerprint density at radius 3 is 2.79 bits per heavy atom. The van der Waals surface area contributed by atoms with Crippen molar-refractivity contribution >= 4 is 17.4 Å². The summed E-state index contributed by atoms with van der Waals surface area (Å²) in [4.78, 5) is 23.7. The maximum absolute atomic E-state index is 12.2. The minimum atomic E-state index is 0.0762. The van der Waals surface area contributed by atoms with E-state index in [0.29, 0.717) is 18.8 Å². The van der Waals surface area contributed by atoms with Gasteiger partial charge in [-0.1, -0.05) is 19.3 Å². The largest absolute Gasteiger partial charge is 0.326 e. The molecule has 3 heteroatoms. The van der Waals surface area contributed by atoms with Crippen LogP contribution in [0.4, 0.5) is 5.69 Å². The van der Waals surface area contributed by atoms with E-state index >= 15 is 0 Å². The second kappa shape index (κ2) is 5.16. The van der Waals surface area contributed by atoms with Crippen molar-refractivity contribution in [1.82, 2.24) is 0 Å². The Morgan fingerprint density at radius 1 is 1.21 bits per heavy atom. The number of amides is 1. The summed E-state index contributed by atoms with van der Waals surface area (Å²) < 4.78 is 0. The third-order valence-electron chi connectivity index (χ3n) is 4.25. The van der Waals surface area contributed by atoms with Crippen LogP contribution in [0.1, 0.15) is 54.4 Å². The van der Waals surface area contributed by atoms with Crippen molar-refractivity contribution in [2.24, 2.45) is 5.92 Å². The Bertz CT molecular complexity index is 517. The fourth-order valence-corrected chi connectivity index (χ4v) is 2.83. The summed E-state index contributed by atoms with van der Waals surface area (Å²) in [7, 11) is 0. The van der Waals surface area contributed by atoms with Gasteiger partial charge in [0, 0.05) is 24.1 Å². The van der Waals surface area contributed by atoms with Crippen molar-refractivity contribution in [3.63, 3.8) is 0 Å². The minimum absolute atomic E-state index is 0.0762. The Labute approximate surface area is 113 Å². The lowest BCUT2D eigenvalue weighted by Crippen LogP contribution is -2.16. The van der Waals surface area contributed by atoms with Crippen LogP contribution in [-0.2, 0) is 11.2 Å². The zero-order chi connectivity index (χ0) is 13.2. The lowest BCUT2D eigenvalue weighted by Gasteiger charge is -2.24. The van der Waals surface area contributed by atoms with Gasteiger partial charge >= 0.3 is 0 Å². The molecule has 1 heterocycles. The van der Waals surface area contributed by atoms with E-state index in [0.717, 1.165) is 29.7 Å². The summed E-state index contributed by atoms with van der Waals surface area (Å²) in [5.74, 6) is 0.932. The molecule has 0 bridgehead atoms. The Morgan fingerprint density at radius 2 is 2.05 bits per heavy atom. The summed E-state index contributed by atoms with van der Waals surface area (Å²) in [6, 6.07) is 5.71. The third-order valence-corrected chi connectivity index (χ3v) is 4.25. The molecule has 0 unspecified atom stereocenters. The summed E-state index contributed by atoms with van der Waals surface area (Å²) >= 11 is 0. The first-order chi connectivity index (χ1) is 9.22. The average molecular weight is 257 g/mol. The Kier molecular flexibility index (Phi) is 3.36. The average Bonchev–Trinajstić information content (AvgIpc) is 2.53. The molecular formula is C16H19NO2. The van der Waals surface area contributed by atoms with Crippen molar-refractivity contribution in [3.05, 3.63) is 29.3 Å². The SMILES string of the molecule is O=C1CCCc2cc(C(=O)CC3CCC3)ccc2N1. The number of carbonyl (C=O) groups is 2. The lowest BCUT2D eigenvalue weighted by atomic mass is 9.81. The van der Waals surface area contributed by atoms with Crippen LogP contribution in [0.2, 0.25) is 0 Å². The molecule has 0 aromatic heterocycles. The molecule has 1 aliphatic heterocycles. The number of ketones is 1. The maximum atomic E-state index is 12.2. The second-order valence-corrected chi connectivity index (χ2v) is 5.70. The summed E-state index contributed by atoms with van der Waals surface area (Å²) in [6.07, 6.45) is 6.66. The number of benzene rings is 1. The number of rotatable bonds is 3. The number of nitrogens with one attached hydrogen (secondary N) is 1. The van der Waals surface area contributed by atoms with Crippen LogP contribution >= 0.6 is 0 Å². The van der Waals surface area contributed by atoms with Gasteiger partial charge in [0.25, 0.3) is 0 Å². The first-order valence-corrected chi connectivity index (χ1v) is 7.18. The molecule has 2 aliphatic rings. The summed E-state index contributed by atoms with van der Waals surface area (Å²) in [5, 5.41) is 2.90. The van der Waals surface area contributed by atoms with Crippen LogP contribution in [0.3, 0.4) is 0 Å². The van der Waals surface area contributed by atoms with Gasteiger partial charge in [-0.05, 0) is 42.5 Å². The number of fused-ring (bicyclic) bond motifs is 1. The predicted molar refractivity (Wildman–Crippen MR) is 74.3 cm³/mol. The molecule has 1 fully saturated rings. The summed E-state index contributed by atoms with van der Waals surface area (Å²) in [6.45, 7) is 0. The molecule has 3 nitrogen and oxygen atoms in total. The molecule has 0 spiro atoms. The quantitative estimate of drug-likeness (QED) is 0.844. The minimum Gasteiger partial charge on any atom is -0.326 e. The molecule has 0 atom stereocenters. The third kappa shape index (κ3) is 2.70. The Balaban J connectivity index is 1.78. The van der Waals surface area contributed by atoms with Crippen molar-refractivity contribution < 1.29 is 9.59 Å². The molecule has 0 radical (unpaired) electrons. The number of anilines is 1. The summed E-state index contributed by atoms with van der Waals surface area (Å²) in [5.41, 5.74) is 2.79. The monoisotopic (exact) mass is 257 g/mol. The first-order valence-electron chi connectivity index (χ1n) is 7.18. The second-order valence-electron chi connectivity index (χ2n) is 5.70. The molecule has 1 aromatic carbocycles. The molecule has 1 aliphatic carbocycles. The van der Waals surface area contributed by atoms with Crippen molar-refractivity contribution in [2.75, 3.05) is 5.32 Å². The number of carbonyl (C=O) groups excluding carboxylic acids is 2. The van der Waals surface area contributed by atoms with Crippen molar-refractivity contribution in [3.8, 4) is 0 Å². The fraction of sp³-hybridized carbons (Fsp3) is 0.500. The fourth-order valence-electron chi connectivity index (χ4n) is 2.83. The van der Waals surface area contributed by atoms with E-state index in [9.17, 15) is 9.59 Å². The molecule has 1 amide bonds. The van der Waals surface area contributed by atoms with Gasteiger partial charge in [-0.25, -0.2) is 0 Å². The highest BCUT2D eigenvalue weighted by atomic mass is 16.1. The van der Waals surface area contributed by atoms with Gasteiger partial charge in [-0.15, -0.1) is 0 Å². The van der Waals surface area contributed by atoms with E-state index < -0.39 is 0 Å². The van der Waals surface area contributed by atoms with Crippen molar-refractivity contribution in [2.45, 2.75) is 44.9 Å². The molecule has 0 saturated heterocycles. The van der Waals surface area contributed by atoms with Gasteiger partial charge in [-0.3, -0.25) is 9.59 Å². The zero-order valence-electron chi connectivity index (χ0n) is 11.1. The topological polar surface area (TPSA) is 46.2 Å². The highest BCUT2D eigenvalue weighted by molar-refractivity contribution is 5.98. The van der Waals surface area contributed by atoms with Crippen LogP contribution < -0.4 is 5.32 Å². The van der Waals surface area contributed by atoms with Crippen molar-refractivity contribution in [1.29, 1.82) is 0 Å². The van der Waals surface area contributed by atoms with Crippen LogP contribution in [0.25, 0.3) is 0 Å². The van der Waals surface area contributed by atoms with E-state index in [1.54, 1.807) is 0 Å². The van der Waals surface area contributed by atoms with Gasteiger partial charge in [0.2, 0.25) is 5.91 Å². The maximum Gasteiger partial charge on any atom is 0.224 e. The standard InChI is InChI=1S/C16H19NO2/c18-15(9-11-3-1-4-11)13-7-8-14-12(10-13)5-2-6-16(19)17-14/h7-8,10-11H,1-6,9H2,(H,17,19). The number of hydrogen-bond donors (Lipinski definition) is 1.